The van der Waals surface area contributed by atoms with Crippen molar-refractivity contribution in [3.63, 3.8) is 0 Å². The highest BCUT2D eigenvalue weighted by molar-refractivity contribution is 5.75. The van der Waals surface area contributed by atoms with E-state index in [-0.39, 0.29) is 12.0 Å². The quantitative estimate of drug-likeness (QED) is 0.693. The number of piperidine rings is 1. The van der Waals surface area contributed by atoms with Crippen molar-refractivity contribution in [2.45, 2.75) is 50.3 Å². The van der Waals surface area contributed by atoms with Crippen LogP contribution in [-0.4, -0.2) is 62.9 Å². The molecule has 1 atom stereocenters. The second kappa shape index (κ2) is 7.22. The Morgan fingerprint density at radius 1 is 1.26 bits per heavy atom. The van der Waals surface area contributed by atoms with Crippen LogP contribution >= 0.6 is 0 Å². The molecule has 1 saturated heterocycles. The van der Waals surface area contributed by atoms with Gasteiger partial charge in [0.05, 0.1) is 13.2 Å². The highest BCUT2D eigenvalue weighted by atomic mass is 16.5. The largest absolute Gasteiger partial charge is 0.468 e. The smallest absolute Gasteiger partial charge is 0.322 e. The molecule has 0 aromatic carbocycles. The average molecular weight is 270 g/mol. The zero-order valence-electron chi connectivity index (χ0n) is 12.1. The van der Waals surface area contributed by atoms with Crippen LogP contribution in [0.2, 0.25) is 0 Å². The van der Waals surface area contributed by atoms with E-state index in [0.717, 1.165) is 38.9 Å². The number of ether oxygens (including phenoxy) is 2. The Morgan fingerprint density at radius 2 is 1.95 bits per heavy atom. The minimum absolute atomic E-state index is 0.126. The van der Waals surface area contributed by atoms with Gasteiger partial charge >= 0.3 is 5.97 Å². The molecule has 0 aromatic heterocycles. The molecule has 1 heterocycles. The molecular formula is C14H26N2O3. The van der Waals surface area contributed by atoms with Gasteiger partial charge in [-0.25, -0.2) is 0 Å². The van der Waals surface area contributed by atoms with Gasteiger partial charge in [0.15, 0.2) is 0 Å². The number of carbonyl (C=O) groups is 1. The van der Waals surface area contributed by atoms with Crippen LogP contribution in [0.1, 0.15) is 32.1 Å². The van der Waals surface area contributed by atoms with Gasteiger partial charge in [-0.3, -0.25) is 4.79 Å². The maximum absolute atomic E-state index is 11.7. The van der Waals surface area contributed by atoms with Crippen molar-refractivity contribution in [3.8, 4) is 0 Å². The van der Waals surface area contributed by atoms with E-state index in [9.17, 15) is 4.79 Å². The maximum atomic E-state index is 11.7. The number of methoxy groups -OCH3 is 2. The van der Waals surface area contributed by atoms with E-state index in [4.69, 9.17) is 9.47 Å². The van der Waals surface area contributed by atoms with Crippen LogP contribution in [0.3, 0.4) is 0 Å². The average Bonchev–Trinajstić information content (AvgIpc) is 3.27. The number of nitrogens with zero attached hydrogens (tertiary/aromatic N) is 1. The van der Waals surface area contributed by atoms with Gasteiger partial charge in [-0.15, -0.1) is 0 Å². The molecule has 19 heavy (non-hydrogen) atoms. The summed E-state index contributed by atoms with van der Waals surface area (Å²) in [5.41, 5.74) is 0. The molecule has 2 aliphatic rings. The third-order valence-corrected chi connectivity index (χ3v) is 4.10. The van der Waals surface area contributed by atoms with Crippen LogP contribution in [0.5, 0.6) is 0 Å². The van der Waals surface area contributed by atoms with Gasteiger partial charge in [0, 0.05) is 32.8 Å². The van der Waals surface area contributed by atoms with Crippen molar-refractivity contribution in [1.29, 1.82) is 0 Å². The number of rotatable bonds is 7. The highest BCUT2D eigenvalue weighted by Gasteiger charge is 2.29. The van der Waals surface area contributed by atoms with Gasteiger partial charge in [-0.05, 0) is 32.1 Å². The number of hydrogen-bond donors (Lipinski definition) is 1. The Bertz CT molecular complexity index is 286. The predicted molar refractivity (Wildman–Crippen MR) is 73.0 cm³/mol. The van der Waals surface area contributed by atoms with Crippen LogP contribution in [-0.2, 0) is 14.3 Å². The monoisotopic (exact) mass is 270 g/mol. The Balaban J connectivity index is 1.70. The van der Waals surface area contributed by atoms with Crippen LogP contribution in [0, 0.1) is 0 Å². The van der Waals surface area contributed by atoms with Gasteiger partial charge in [0.25, 0.3) is 0 Å². The Labute approximate surface area is 115 Å². The Kier molecular flexibility index (Phi) is 5.60. The first kappa shape index (κ1) is 14.8. The van der Waals surface area contributed by atoms with Crippen molar-refractivity contribution in [2.75, 3.05) is 33.9 Å². The first-order valence-electron chi connectivity index (χ1n) is 7.32. The molecule has 0 spiro atoms. The highest BCUT2D eigenvalue weighted by Crippen LogP contribution is 2.20. The summed E-state index contributed by atoms with van der Waals surface area (Å²) in [5, 5.41) is 3.38. The van der Waals surface area contributed by atoms with E-state index >= 15 is 0 Å². The van der Waals surface area contributed by atoms with Gasteiger partial charge < -0.3 is 19.7 Å². The first-order chi connectivity index (χ1) is 9.22. The zero-order valence-corrected chi connectivity index (χ0v) is 12.1. The molecule has 2 fully saturated rings. The van der Waals surface area contributed by atoms with Crippen LogP contribution < -0.4 is 5.32 Å². The summed E-state index contributed by atoms with van der Waals surface area (Å²) in [5.74, 6) is -0.126. The summed E-state index contributed by atoms with van der Waals surface area (Å²) in [6.07, 6.45) is 5.81. The minimum atomic E-state index is -0.141. The summed E-state index contributed by atoms with van der Waals surface area (Å²) >= 11 is 0. The molecule has 0 bridgehead atoms. The van der Waals surface area contributed by atoms with Gasteiger partial charge in [-0.1, -0.05) is 0 Å². The van der Waals surface area contributed by atoms with Gasteiger partial charge in [0.2, 0.25) is 0 Å². The van der Waals surface area contributed by atoms with E-state index < -0.39 is 0 Å². The lowest BCUT2D eigenvalue weighted by Gasteiger charge is -2.31. The van der Waals surface area contributed by atoms with E-state index in [1.807, 2.05) is 0 Å². The molecular weight excluding hydrogens is 244 g/mol. The molecule has 0 aromatic rings. The van der Waals surface area contributed by atoms with Crippen LogP contribution in [0.15, 0.2) is 0 Å². The summed E-state index contributed by atoms with van der Waals surface area (Å²) in [4.78, 5) is 14.1. The molecule has 1 unspecified atom stereocenters. The maximum Gasteiger partial charge on any atom is 0.322 e. The fourth-order valence-electron chi connectivity index (χ4n) is 2.63. The second-order valence-electron chi connectivity index (χ2n) is 5.58. The van der Waals surface area contributed by atoms with E-state index in [1.165, 1.54) is 20.0 Å². The third-order valence-electron chi connectivity index (χ3n) is 4.10. The summed E-state index contributed by atoms with van der Waals surface area (Å²) in [6, 6.07) is 0.390. The number of nitrogens with one attached hydrogen (secondary N) is 1. The van der Waals surface area contributed by atoms with E-state index in [1.54, 1.807) is 7.11 Å². The number of carbonyl (C=O) groups excluding carboxylic acids is 1. The number of likely N-dealkylation sites (tertiary alicyclic amines) is 1. The fraction of sp³-hybridized carbons (Fsp3) is 0.929. The Hall–Kier alpha value is -0.650. The van der Waals surface area contributed by atoms with E-state index in [2.05, 4.69) is 10.2 Å². The Morgan fingerprint density at radius 3 is 2.47 bits per heavy atom. The zero-order chi connectivity index (χ0) is 13.7. The lowest BCUT2D eigenvalue weighted by molar-refractivity contribution is -0.143. The summed E-state index contributed by atoms with van der Waals surface area (Å²) < 4.78 is 10.2. The van der Waals surface area contributed by atoms with Crippen LogP contribution in [0.4, 0.5) is 0 Å². The minimum Gasteiger partial charge on any atom is -0.468 e. The molecule has 2 rings (SSSR count). The number of hydrogen-bond acceptors (Lipinski definition) is 5. The standard InChI is InChI=1S/C14H26N2O3/c1-18-12-5-8-16(9-6-12)10-7-13(14(17)19-2)15-11-3-4-11/h11-13,15H,3-10H2,1-2H3. The molecule has 0 radical (unpaired) electrons. The normalized spacial score (nSPS) is 23.3. The van der Waals surface area contributed by atoms with Crippen molar-refractivity contribution < 1.29 is 14.3 Å². The van der Waals surface area contributed by atoms with Crippen molar-refractivity contribution in [3.05, 3.63) is 0 Å². The predicted octanol–water partition coefficient (Wildman–Crippen LogP) is 0.781. The molecule has 1 N–H and O–H groups in total. The molecule has 0 amide bonds. The van der Waals surface area contributed by atoms with Crippen LogP contribution in [0.25, 0.3) is 0 Å². The first-order valence-corrected chi connectivity index (χ1v) is 7.32. The van der Waals surface area contributed by atoms with Gasteiger partial charge in [-0.2, -0.15) is 0 Å². The van der Waals surface area contributed by atoms with Gasteiger partial charge in [0.1, 0.15) is 6.04 Å². The van der Waals surface area contributed by atoms with Crippen molar-refractivity contribution >= 4 is 5.97 Å². The molecule has 1 aliphatic heterocycles. The lowest BCUT2D eigenvalue weighted by Crippen LogP contribution is -2.43. The fourth-order valence-corrected chi connectivity index (χ4v) is 2.63. The number of esters is 1. The molecule has 1 saturated carbocycles. The molecule has 5 heteroatoms. The molecule has 110 valence electrons. The second-order valence-corrected chi connectivity index (χ2v) is 5.58. The third kappa shape index (κ3) is 4.75. The summed E-state index contributed by atoms with van der Waals surface area (Å²) in [7, 11) is 3.25. The van der Waals surface area contributed by atoms with E-state index in [0.29, 0.717) is 12.1 Å². The molecule has 5 nitrogen and oxygen atoms in total. The summed E-state index contributed by atoms with van der Waals surface area (Å²) in [6.45, 7) is 3.08. The lowest BCUT2D eigenvalue weighted by atomic mass is 10.1. The SMILES string of the molecule is COC(=O)C(CCN1CCC(OC)CC1)NC1CC1. The topological polar surface area (TPSA) is 50.8 Å². The molecule has 1 aliphatic carbocycles. The van der Waals surface area contributed by atoms with Crippen molar-refractivity contribution in [1.82, 2.24) is 10.2 Å². The van der Waals surface area contributed by atoms with Crippen molar-refractivity contribution in [2.24, 2.45) is 0 Å².